The van der Waals surface area contributed by atoms with Gasteiger partial charge in [0.2, 0.25) is 0 Å². The third-order valence-corrected chi connectivity index (χ3v) is 4.60. The summed E-state index contributed by atoms with van der Waals surface area (Å²) in [7, 11) is 0. The standard InChI is InChI=1S/C19H20N4O2S/c1-4-23(26)19(25)22-17-10-20-15-6-5-13(9-16(15)21-17)14-7-11(2)18(24)12(3)8-14/h5-10,24,26H,4H2,1-3H3,(H,21,22,25). The Bertz CT molecular complexity index is 967. The van der Waals surface area contributed by atoms with Crippen LogP contribution in [0.2, 0.25) is 0 Å². The third kappa shape index (κ3) is 3.57. The molecule has 26 heavy (non-hydrogen) atoms. The fourth-order valence-corrected chi connectivity index (χ4v) is 2.74. The van der Waals surface area contributed by atoms with Gasteiger partial charge in [-0.15, -0.1) is 0 Å². The van der Waals surface area contributed by atoms with Crippen molar-refractivity contribution in [2.45, 2.75) is 20.8 Å². The van der Waals surface area contributed by atoms with E-state index >= 15 is 0 Å². The molecule has 134 valence electrons. The number of carbonyl (C=O) groups excluding carboxylic acids is 1. The number of rotatable bonds is 3. The molecule has 7 heteroatoms. The summed E-state index contributed by atoms with van der Waals surface area (Å²) < 4.78 is 1.25. The van der Waals surface area contributed by atoms with Gasteiger partial charge >= 0.3 is 6.03 Å². The molecule has 0 spiro atoms. The number of thiol groups is 1. The van der Waals surface area contributed by atoms with Crippen molar-refractivity contribution in [1.29, 1.82) is 0 Å². The van der Waals surface area contributed by atoms with Gasteiger partial charge in [-0.05, 0) is 67.3 Å². The summed E-state index contributed by atoms with van der Waals surface area (Å²) in [6.07, 6.45) is 1.52. The Morgan fingerprint density at radius 3 is 2.50 bits per heavy atom. The first kappa shape index (κ1) is 18.0. The molecule has 0 saturated heterocycles. The number of carbonyl (C=O) groups is 1. The van der Waals surface area contributed by atoms with Crippen LogP contribution in [0.15, 0.2) is 36.5 Å². The van der Waals surface area contributed by atoms with E-state index in [2.05, 4.69) is 28.1 Å². The van der Waals surface area contributed by atoms with Crippen LogP contribution in [-0.2, 0) is 0 Å². The highest BCUT2D eigenvalue weighted by atomic mass is 32.1. The highest BCUT2D eigenvalue weighted by molar-refractivity contribution is 7.78. The van der Waals surface area contributed by atoms with Crippen molar-refractivity contribution in [1.82, 2.24) is 14.3 Å². The number of nitrogens with zero attached hydrogens (tertiary/aromatic N) is 3. The first-order valence-electron chi connectivity index (χ1n) is 8.24. The summed E-state index contributed by atoms with van der Waals surface area (Å²) in [6, 6.07) is 9.28. The second-order valence-corrected chi connectivity index (χ2v) is 6.55. The van der Waals surface area contributed by atoms with E-state index < -0.39 is 0 Å². The van der Waals surface area contributed by atoms with Gasteiger partial charge in [0.15, 0.2) is 5.82 Å². The average molecular weight is 368 g/mol. The van der Waals surface area contributed by atoms with E-state index in [0.29, 0.717) is 23.6 Å². The van der Waals surface area contributed by atoms with E-state index in [1.807, 2.05) is 51.1 Å². The molecule has 2 amide bonds. The van der Waals surface area contributed by atoms with Crippen LogP contribution >= 0.6 is 12.8 Å². The predicted octanol–water partition coefficient (Wildman–Crippen LogP) is 4.32. The molecule has 0 fully saturated rings. The lowest BCUT2D eigenvalue weighted by Crippen LogP contribution is -2.27. The normalized spacial score (nSPS) is 10.8. The molecule has 2 N–H and O–H groups in total. The van der Waals surface area contributed by atoms with Crippen LogP contribution in [0.4, 0.5) is 10.6 Å². The van der Waals surface area contributed by atoms with Crippen molar-refractivity contribution >= 4 is 35.7 Å². The molecular formula is C19H20N4O2S. The van der Waals surface area contributed by atoms with Crippen LogP contribution in [0.3, 0.4) is 0 Å². The number of phenolic OH excluding ortho intramolecular Hbond substituents is 1. The second kappa shape index (κ2) is 7.21. The summed E-state index contributed by atoms with van der Waals surface area (Å²) >= 11 is 4.07. The molecule has 1 aromatic heterocycles. The van der Waals surface area contributed by atoms with E-state index in [-0.39, 0.29) is 6.03 Å². The van der Waals surface area contributed by atoms with Crippen LogP contribution in [0.5, 0.6) is 5.75 Å². The summed E-state index contributed by atoms with van der Waals surface area (Å²) in [5, 5.41) is 12.6. The Morgan fingerprint density at radius 1 is 1.15 bits per heavy atom. The van der Waals surface area contributed by atoms with Gasteiger partial charge in [-0.1, -0.05) is 18.9 Å². The van der Waals surface area contributed by atoms with Gasteiger partial charge in [0.05, 0.1) is 17.2 Å². The highest BCUT2D eigenvalue weighted by Crippen LogP contribution is 2.30. The van der Waals surface area contributed by atoms with Crippen LogP contribution in [0.25, 0.3) is 22.2 Å². The van der Waals surface area contributed by atoms with Gasteiger partial charge in [0, 0.05) is 6.54 Å². The summed E-state index contributed by atoms with van der Waals surface area (Å²) in [5.74, 6) is 0.678. The Morgan fingerprint density at radius 2 is 1.85 bits per heavy atom. The second-order valence-electron chi connectivity index (χ2n) is 6.06. The van der Waals surface area contributed by atoms with Crippen molar-refractivity contribution in [3.05, 3.63) is 47.7 Å². The quantitative estimate of drug-likeness (QED) is 0.602. The number of aromatic hydroxyl groups is 1. The number of phenols is 1. The smallest absolute Gasteiger partial charge is 0.332 e. The maximum Gasteiger partial charge on any atom is 0.332 e. The summed E-state index contributed by atoms with van der Waals surface area (Å²) in [6.45, 7) is 6.04. The largest absolute Gasteiger partial charge is 0.507 e. The molecule has 0 unspecified atom stereocenters. The Kier molecular flexibility index (Phi) is 4.99. The average Bonchev–Trinajstić information content (AvgIpc) is 2.64. The van der Waals surface area contributed by atoms with Crippen LogP contribution in [0, 0.1) is 13.8 Å². The first-order chi connectivity index (χ1) is 12.4. The van der Waals surface area contributed by atoms with E-state index in [1.54, 1.807) is 0 Å². The zero-order valence-electron chi connectivity index (χ0n) is 14.8. The molecule has 0 aliphatic heterocycles. The molecule has 0 radical (unpaired) electrons. The molecule has 0 bridgehead atoms. The van der Waals surface area contributed by atoms with Gasteiger partial charge in [0.25, 0.3) is 0 Å². The van der Waals surface area contributed by atoms with E-state index in [4.69, 9.17) is 0 Å². The van der Waals surface area contributed by atoms with Crippen molar-refractivity contribution in [3.63, 3.8) is 0 Å². The maximum atomic E-state index is 11.9. The minimum atomic E-state index is -0.356. The number of benzene rings is 2. The zero-order valence-corrected chi connectivity index (χ0v) is 15.7. The minimum absolute atomic E-state index is 0.312. The van der Waals surface area contributed by atoms with Crippen molar-refractivity contribution in [3.8, 4) is 16.9 Å². The number of nitrogens with one attached hydrogen (secondary N) is 1. The molecule has 2 aromatic carbocycles. The molecule has 0 aliphatic rings. The SMILES string of the molecule is CCN(S)C(=O)Nc1cnc2ccc(-c3cc(C)c(O)c(C)c3)cc2n1. The highest BCUT2D eigenvalue weighted by Gasteiger charge is 2.10. The van der Waals surface area contributed by atoms with Gasteiger partial charge in [-0.2, -0.15) is 0 Å². The molecule has 1 heterocycles. The first-order valence-corrected chi connectivity index (χ1v) is 8.64. The van der Waals surface area contributed by atoms with Crippen molar-refractivity contribution in [2.24, 2.45) is 0 Å². The number of aryl methyl sites for hydroxylation is 2. The number of aromatic nitrogens is 2. The monoisotopic (exact) mass is 368 g/mol. The lowest BCUT2D eigenvalue weighted by atomic mass is 9.99. The number of anilines is 1. The molecule has 0 aliphatic carbocycles. The van der Waals surface area contributed by atoms with Gasteiger partial charge in [-0.25, -0.2) is 9.78 Å². The van der Waals surface area contributed by atoms with Gasteiger partial charge in [-0.3, -0.25) is 14.6 Å². The molecule has 3 rings (SSSR count). The number of urea groups is 1. The molecule has 0 saturated carbocycles. The maximum absolute atomic E-state index is 11.9. The lowest BCUT2D eigenvalue weighted by molar-refractivity contribution is 0.240. The topological polar surface area (TPSA) is 78.4 Å². The van der Waals surface area contributed by atoms with Crippen molar-refractivity contribution in [2.75, 3.05) is 11.9 Å². The van der Waals surface area contributed by atoms with E-state index in [1.165, 1.54) is 10.5 Å². The number of amides is 2. The minimum Gasteiger partial charge on any atom is -0.507 e. The molecule has 0 atom stereocenters. The van der Waals surface area contributed by atoms with Gasteiger partial charge < -0.3 is 5.11 Å². The van der Waals surface area contributed by atoms with E-state index in [0.717, 1.165) is 27.8 Å². The Labute approximate surface area is 157 Å². The molecule has 6 nitrogen and oxygen atoms in total. The number of hydrogen-bond acceptors (Lipinski definition) is 5. The number of fused-ring (bicyclic) bond motifs is 1. The van der Waals surface area contributed by atoms with Crippen LogP contribution in [0.1, 0.15) is 18.1 Å². The van der Waals surface area contributed by atoms with Gasteiger partial charge in [0.1, 0.15) is 5.75 Å². The zero-order chi connectivity index (χ0) is 18.8. The predicted molar refractivity (Wildman–Crippen MR) is 106 cm³/mol. The lowest BCUT2D eigenvalue weighted by Gasteiger charge is -2.13. The molecular weight excluding hydrogens is 348 g/mol. The molecule has 3 aromatic rings. The van der Waals surface area contributed by atoms with E-state index in [9.17, 15) is 9.90 Å². The van der Waals surface area contributed by atoms with Crippen LogP contribution < -0.4 is 5.32 Å². The summed E-state index contributed by atoms with van der Waals surface area (Å²) in [4.78, 5) is 20.7. The fraction of sp³-hybridized carbons (Fsp3) is 0.211. The Balaban J connectivity index is 1.98. The Hall–Kier alpha value is -2.80. The summed E-state index contributed by atoms with van der Waals surface area (Å²) in [5.41, 5.74) is 5.00. The number of hydrogen-bond donors (Lipinski definition) is 3. The van der Waals surface area contributed by atoms with Crippen molar-refractivity contribution < 1.29 is 9.90 Å². The van der Waals surface area contributed by atoms with Crippen LogP contribution in [-0.4, -0.2) is 32.0 Å². The third-order valence-electron chi connectivity index (χ3n) is 4.14. The fourth-order valence-electron chi connectivity index (χ4n) is 2.69.